The van der Waals surface area contributed by atoms with Crippen LogP contribution in [0.1, 0.15) is 25.1 Å². The Morgan fingerprint density at radius 1 is 1.32 bits per heavy atom. The minimum atomic E-state index is 0.0289. The van der Waals surface area contributed by atoms with E-state index in [0.29, 0.717) is 5.92 Å². The molecule has 2 aromatic rings. The van der Waals surface area contributed by atoms with Crippen LogP contribution in [0, 0.1) is 5.92 Å². The molecule has 0 fully saturated rings. The van der Waals surface area contributed by atoms with E-state index in [1.165, 1.54) is 5.39 Å². The minimum absolute atomic E-state index is 0.0289. The van der Waals surface area contributed by atoms with E-state index in [4.69, 9.17) is 10.6 Å². The van der Waals surface area contributed by atoms with Crippen molar-refractivity contribution in [3.63, 3.8) is 0 Å². The third-order valence-corrected chi connectivity index (χ3v) is 3.52. The van der Waals surface area contributed by atoms with Crippen LogP contribution in [0.2, 0.25) is 0 Å². The molecule has 1 aromatic heterocycles. The summed E-state index contributed by atoms with van der Waals surface area (Å²) in [7, 11) is 1.72. The molecule has 0 aliphatic rings. The summed E-state index contributed by atoms with van der Waals surface area (Å²) in [6, 6.07) is 10.3. The zero-order valence-corrected chi connectivity index (χ0v) is 11.5. The minimum Gasteiger partial charge on any atom is -0.385 e. The van der Waals surface area contributed by atoms with Gasteiger partial charge in [0.15, 0.2) is 0 Å². The molecule has 4 nitrogen and oxygen atoms in total. The van der Waals surface area contributed by atoms with Crippen molar-refractivity contribution in [1.29, 1.82) is 0 Å². The van der Waals surface area contributed by atoms with Crippen molar-refractivity contribution in [2.45, 2.75) is 19.4 Å². The van der Waals surface area contributed by atoms with Crippen molar-refractivity contribution in [1.82, 2.24) is 10.4 Å². The van der Waals surface area contributed by atoms with Crippen LogP contribution in [-0.2, 0) is 4.74 Å². The molecule has 1 aromatic carbocycles. The maximum Gasteiger partial charge on any atom is 0.0667 e. The second kappa shape index (κ2) is 6.61. The van der Waals surface area contributed by atoms with Crippen molar-refractivity contribution in [2.24, 2.45) is 11.8 Å². The summed E-state index contributed by atoms with van der Waals surface area (Å²) in [6.45, 7) is 2.89. The van der Waals surface area contributed by atoms with Crippen molar-refractivity contribution in [2.75, 3.05) is 13.7 Å². The number of hydrogen-bond donors (Lipinski definition) is 2. The van der Waals surface area contributed by atoms with Gasteiger partial charge in [-0.1, -0.05) is 31.2 Å². The Hall–Kier alpha value is -1.49. The third kappa shape index (κ3) is 3.10. The number of ether oxygens (including phenoxy) is 1. The number of nitrogens with one attached hydrogen (secondary N) is 1. The van der Waals surface area contributed by atoms with Crippen molar-refractivity contribution in [3.8, 4) is 0 Å². The molecule has 19 heavy (non-hydrogen) atoms. The lowest BCUT2D eigenvalue weighted by Gasteiger charge is -2.23. The highest BCUT2D eigenvalue weighted by Gasteiger charge is 2.20. The van der Waals surface area contributed by atoms with Crippen LogP contribution in [0.25, 0.3) is 10.8 Å². The van der Waals surface area contributed by atoms with E-state index in [0.717, 1.165) is 24.1 Å². The quantitative estimate of drug-likeness (QED) is 0.618. The van der Waals surface area contributed by atoms with Gasteiger partial charge in [0.1, 0.15) is 0 Å². The fourth-order valence-corrected chi connectivity index (χ4v) is 2.37. The summed E-state index contributed by atoms with van der Waals surface area (Å²) in [5.41, 5.74) is 3.90. The highest BCUT2D eigenvalue weighted by atomic mass is 16.5. The zero-order valence-electron chi connectivity index (χ0n) is 11.5. The van der Waals surface area contributed by atoms with Crippen molar-refractivity contribution >= 4 is 10.8 Å². The first-order valence-electron chi connectivity index (χ1n) is 6.56. The smallest absolute Gasteiger partial charge is 0.0667 e. The SMILES string of the molecule is COCCC(C)C(NN)c1nccc2ccccc12. The Kier molecular flexibility index (Phi) is 4.85. The zero-order chi connectivity index (χ0) is 13.7. The second-order valence-electron chi connectivity index (χ2n) is 4.82. The van der Waals surface area contributed by atoms with E-state index in [1.807, 2.05) is 24.4 Å². The van der Waals surface area contributed by atoms with Gasteiger partial charge in [0.2, 0.25) is 0 Å². The van der Waals surface area contributed by atoms with Gasteiger partial charge in [0.05, 0.1) is 11.7 Å². The molecule has 0 amide bonds. The Labute approximate surface area is 113 Å². The number of rotatable bonds is 6. The largest absolute Gasteiger partial charge is 0.385 e. The summed E-state index contributed by atoms with van der Waals surface area (Å²) in [6.07, 6.45) is 2.78. The molecule has 2 rings (SSSR count). The van der Waals surface area contributed by atoms with Crippen molar-refractivity contribution in [3.05, 3.63) is 42.2 Å². The lowest BCUT2D eigenvalue weighted by Crippen LogP contribution is -2.33. The topological polar surface area (TPSA) is 60.2 Å². The number of methoxy groups -OCH3 is 1. The maximum atomic E-state index is 5.74. The number of hydrazine groups is 1. The molecule has 0 saturated carbocycles. The normalized spacial score (nSPS) is 14.5. The van der Waals surface area contributed by atoms with Gasteiger partial charge in [0, 0.05) is 25.3 Å². The Balaban J connectivity index is 2.35. The molecular formula is C15H21N3O. The average Bonchev–Trinajstić information content (AvgIpc) is 2.46. The predicted octanol–water partition coefficient (Wildman–Crippen LogP) is 2.41. The Morgan fingerprint density at radius 2 is 2.11 bits per heavy atom. The summed E-state index contributed by atoms with van der Waals surface area (Å²) >= 11 is 0. The molecule has 2 atom stereocenters. The fraction of sp³-hybridized carbons (Fsp3) is 0.400. The molecule has 1 heterocycles. The first-order valence-corrected chi connectivity index (χ1v) is 6.56. The van der Waals surface area contributed by atoms with E-state index < -0.39 is 0 Å². The fourth-order valence-electron chi connectivity index (χ4n) is 2.37. The van der Waals surface area contributed by atoms with Crippen molar-refractivity contribution < 1.29 is 4.74 Å². The first-order chi connectivity index (χ1) is 9.27. The molecule has 0 saturated heterocycles. The molecule has 0 aliphatic heterocycles. The van der Waals surface area contributed by atoms with Gasteiger partial charge in [-0.2, -0.15) is 0 Å². The summed E-state index contributed by atoms with van der Waals surface area (Å²) in [5.74, 6) is 6.09. The maximum absolute atomic E-state index is 5.74. The van der Waals surface area contributed by atoms with Crippen LogP contribution < -0.4 is 11.3 Å². The van der Waals surface area contributed by atoms with Gasteiger partial charge in [-0.15, -0.1) is 0 Å². The number of benzene rings is 1. The monoisotopic (exact) mass is 259 g/mol. The molecule has 102 valence electrons. The summed E-state index contributed by atoms with van der Waals surface area (Å²) in [5, 5.41) is 2.34. The molecular weight excluding hydrogens is 238 g/mol. The number of nitrogens with zero attached hydrogens (tertiary/aromatic N) is 1. The summed E-state index contributed by atoms with van der Waals surface area (Å²) in [4.78, 5) is 4.52. The molecule has 2 unspecified atom stereocenters. The van der Waals surface area contributed by atoms with E-state index in [-0.39, 0.29) is 6.04 Å². The van der Waals surface area contributed by atoms with Crippen LogP contribution in [0.3, 0.4) is 0 Å². The first kappa shape index (κ1) is 13.9. The van der Waals surface area contributed by atoms with E-state index in [2.05, 4.69) is 29.5 Å². The average molecular weight is 259 g/mol. The number of nitrogens with two attached hydrogens (primary N) is 1. The van der Waals surface area contributed by atoms with Gasteiger partial charge in [0.25, 0.3) is 0 Å². The highest BCUT2D eigenvalue weighted by Crippen LogP contribution is 2.28. The lowest BCUT2D eigenvalue weighted by molar-refractivity contribution is 0.170. The van der Waals surface area contributed by atoms with Gasteiger partial charge >= 0.3 is 0 Å². The standard InChI is InChI=1S/C15H21N3O/c1-11(8-10-19-2)14(18-16)15-13-6-4-3-5-12(13)7-9-17-15/h3-7,9,11,14,18H,8,10,16H2,1-2H3. The number of fused-ring (bicyclic) bond motifs is 1. The number of pyridine rings is 1. The van der Waals surface area contributed by atoms with E-state index >= 15 is 0 Å². The second-order valence-corrected chi connectivity index (χ2v) is 4.82. The molecule has 0 aliphatic carbocycles. The Bertz CT molecular complexity index is 524. The number of hydrogen-bond acceptors (Lipinski definition) is 4. The Morgan fingerprint density at radius 3 is 2.84 bits per heavy atom. The molecule has 0 radical (unpaired) electrons. The third-order valence-electron chi connectivity index (χ3n) is 3.52. The molecule has 3 N–H and O–H groups in total. The predicted molar refractivity (Wildman–Crippen MR) is 77.5 cm³/mol. The van der Waals surface area contributed by atoms with Crippen LogP contribution >= 0.6 is 0 Å². The van der Waals surface area contributed by atoms with Gasteiger partial charge < -0.3 is 4.74 Å². The van der Waals surface area contributed by atoms with E-state index in [1.54, 1.807) is 7.11 Å². The lowest BCUT2D eigenvalue weighted by atomic mass is 9.93. The summed E-state index contributed by atoms with van der Waals surface area (Å²) < 4.78 is 5.14. The van der Waals surface area contributed by atoms with Crippen LogP contribution in [-0.4, -0.2) is 18.7 Å². The van der Waals surface area contributed by atoms with Gasteiger partial charge in [-0.25, -0.2) is 0 Å². The van der Waals surface area contributed by atoms with Gasteiger partial charge in [-0.3, -0.25) is 16.3 Å². The molecule has 0 bridgehead atoms. The highest BCUT2D eigenvalue weighted by molar-refractivity contribution is 5.84. The van der Waals surface area contributed by atoms with Crippen LogP contribution in [0.4, 0.5) is 0 Å². The van der Waals surface area contributed by atoms with Crippen LogP contribution in [0.5, 0.6) is 0 Å². The molecule has 4 heteroatoms. The van der Waals surface area contributed by atoms with Crippen LogP contribution in [0.15, 0.2) is 36.5 Å². The van der Waals surface area contributed by atoms with Gasteiger partial charge in [-0.05, 0) is 23.8 Å². The van der Waals surface area contributed by atoms with E-state index in [9.17, 15) is 0 Å². The number of aromatic nitrogens is 1. The molecule has 0 spiro atoms.